The van der Waals surface area contributed by atoms with Gasteiger partial charge in [-0.2, -0.15) is 0 Å². The van der Waals surface area contributed by atoms with E-state index in [-0.39, 0.29) is 0 Å². The summed E-state index contributed by atoms with van der Waals surface area (Å²) in [6.07, 6.45) is 2.78. The third kappa shape index (κ3) is 4.20. The minimum absolute atomic E-state index is 0.735. The maximum Gasteiger partial charge on any atom is 0.328 e. The number of para-hydroxylation sites is 1. The van der Waals surface area contributed by atoms with Crippen LogP contribution in [0.3, 0.4) is 0 Å². The summed E-state index contributed by atoms with van der Waals surface area (Å²) < 4.78 is 1.07. The van der Waals surface area contributed by atoms with Gasteiger partial charge in [-0.1, -0.05) is 52.3 Å². The van der Waals surface area contributed by atoms with E-state index in [4.69, 9.17) is 5.11 Å². The number of carbonyl (C=O) groups is 1. The zero-order chi connectivity index (χ0) is 15.2. The summed E-state index contributed by atoms with van der Waals surface area (Å²) in [5.41, 5.74) is 3.05. The van der Waals surface area contributed by atoms with Crippen molar-refractivity contribution in [3.63, 3.8) is 0 Å². The molecule has 21 heavy (non-hydrogen) atoms. The molecule has 0 saturated heterocycles. The van der Waals surface area contributed by atoms with E-state index in [1.807, 2.05) is 49.5 Å². The van der Waals surface area contributed by atoms with Gasteiger partial charge < -0.3 is 10.0 Å². The molecule has 0 aliphatic heterocycles. The van der Waals surface area contributed by atoms with E-state index >= 15 is 0 Å². The molecule has 2 aromatic rings. The number of carboxylic acid groups (broad SMARTS) is 1. The fourth-order valence-corrected chi connectivity index (χ4v) is 2.51. The molecular weight excluding hydrogens is 330 g/mol. The van der Waals surface area contributed by atoms with Crippen molar-refractivity contribution in [1.82, 2.24) is 0 Å². The third-order valence-corrected chi connectivity index (χ3v) is 3.89. The third-order valence-electron chi connectivity index (χ3n) is 3.12. The van der Waals surface area contributed by atoms with Gasteiger partial charge in [-0.15, -0.1) is 0 Å². The summed E-state index contributed by atoms with van der Waals surface area (Å²) >= 11 is 3.55. The Morgan fingerprint density at radius 3 is 2.57 bits per heavy atom. The molecule has 2 aromatic carbocycles. The van der Waals surface area contributed by atoms with Gasteiger partial charge in [0.1, 0.15) is 0 Å². The molecule has 3 nitrogen and oxygen atoms in total. The van der Waals surface area contributed by atoms with E-state index < -0.39 is 5.97 Å². The molecule has 1 N–H and O–H groups in total. The minimum Gasteiger partial charge on any atom is -0.478 e. The zero-order valence-electron chi connectivity index (χ0n) is 11.7. The Balaban J connectivity index is 2.25. The second-order valence-corrected chi connectivity index (χ2v) is 5.53. The highest BCUT2D eigenvalue weighted by Gasteiger charge is 2.07. The number of aliphatic carboxylic acids is 1. The quantitative estimate of drug-likeness (QED) is 0.826. The molecule has 0 spiro atoms. The van der Waals surface area contributed by atoms with Crippen molar-refractivity contribution in [3.05, 3.63) is 70.2 Å². The van der Waals surface area contributed by atoms with E-state index in [0.29, 0.717) is 0 Å². The van der Waals surface area contributed by atoms with E-state index in [1.54, 1.807) is 6.08 Å². The number of hydrogen-bond donors (Lipinski definition) is 1. The topological polar surface area (TPSA) is 40.5 Å². The number of benzene rings is 2. The van der Waals surface area contributed by atoms with Gasteiger partial charge in [-0.25, -0.2) is 4.79 Å². The summed E-state index contributed by atoms with van der Waals surface area (Å²) in [6.45, 7) is 0.735. The number of carboxylic acids is 1. The molecule has 0 aliphatic rings. The predicted octanol–water partition coefficient (Wildman–Crippen LogP) is 4.18. The van der Waals surface area contributed by atoms with Gasteiger partial charge in [-0.05, 0) is 29.3 Å². The maximum atomic E-state index is 10.7. The molecule has 4 heteroatoms. The van der Waals surface area contributed by atoms with Crippen molar-refractivity contribution in [2.75, 3.05) is 11.9 Å². The fourth-order valence-electron chi connectivity index (χ4n) is 2.10. The SMILES string of the molecule is CN(Cc1ccccc1Br)c1ccccc1C=CC(=O)O. The Morgan fingerprint density at radius 2 is 1.86 bits per heavy atom. The van der Waals surface area contributed by atoms with Crippen molar-refractivity contribution < 1.29 is 9.90 Å². The van der Waals surface area contributed by atoms with Crippen LogP contribution >= 0.6 is 15.9 Å². The summed E-state index contributed by atoms with van der Waals surface area (Å²) in [6, 6.07) is 15.8. The first-order valence-electron chi connectivity index (χ1n) is 6.52. The second-order valence-electron chi connectivity index (χ2n) is 4.68. The Hall–Kier alpha value is -2.07. The van der Waals surface area contributed by atoms with Crippen molar-refractivity contribution in [3.8, 4) is 0 Å². The standard InChI is InChI=1S/C17H16BrNO2/c1-19(12-14-7-2-4-8-15(14)18)16-9-5-3-6-13(16)10-11-17(20)21/h2-11H,12H2,1H3,(H,20,21). The van der Waals surface area contributed by atoms with Crippen molar-refractivity contribution in [1.29, 1.82) is 0 Å². The number of halogens is 1. The monoisotopic (exact) mass is 345 g/mol. The number of nitrogens with zero attached hydrogens (tertiary/aromatic N) is 1. The van der Waals surface area contributed by atoms with Gasteiger partial charge in [0, 0.05) is 29.8 Å². The van der Waals surface area contributed by atoms with Gasteiger partial charge in [0.2, 0.25) is 0 Å². The van der Waals surface area contributed by atoms with E-state index in [0.717, 1.165) is 28.3 Å². The summed E-state index contributed by atoms with van der Waals surface area (Å²) in [5, 5.41) is 8.77. The molecule has 0 atom stereocenters. The zero-order valence-corrected chi connectivity index (χ0v) is 13.2. The molecule has 0 bridgehead atoms. The predicted molar refractivity (Wildman–Crippen MR) is 89.4 cm³/mol. The van der Waals surface area contributed by atoms with Gasteiger partial charge in [-0.3, -0.25) is 0 Å². The van der Waals surface area contributed by atoms with Crippen molar-refractivity contribution >= 4 is 33.7 Å². The summed E-state index contributed by atoms with van der Waals surface area (Å²) in [4.78, 5) is 12.8. The number of anilines is 1. The molecule has 0 unspecified atom stereocenters. The molecular formula is C17H16BrNO2. The molecule has 0 aromatic heterocycles. The summed E-state index contributed by atoms with van der Waals surface area (Å²) in [5.74, 6) is -0.946. The second kappa shape index (κ2) is 7.09. The molecule has 0 saturated carbocycles. The molecule has 108 valence electrons. The normalized spacial score (nSPS) is 10.8. The van der Waals surface area contributed by atoms with E-state index in [1.165, 1.54) is 5.56 Å². The first-order valence-corrected chi connectivity index (χ1v) is 7.32. The number of hydrogen-bond acceptors (Lipinski definition) is 2. The summed E-state index contributed by atoms with van der Waals surface area (Å²) in [7, 11) is 1.99. The average Bonchev–Trinajstić information content (AvgIpc) is 2.47. The lowest BCUT2D eigenvalue weighted by molar-refractivity contribution is -0.131. The Morgan fingerprint density at radius 1 is 1.19 bits per heavy atom. The molecule has 2 rings (SSSR count). The lowest BCUT2D eigenvalue weighted by atomic mass is 10.1. The van der Waals surface area contributed by atoms with Gasteiger partial charge in [0.25, 0.3) is 0 Å². The molecule has 0 radical (unpaired) electrons. The van der Waals surface area contributed by atoms with E-state index in [9.17, 15) is 4.79 Å². The molecule has 0 amide bonds. The highest BCUT2D eigenvalue weighted by molar-refractivity contribution is 9.10. The van der Waals surface area contributed by atoms with Crippen LogP contribution < -0.4 is 4.90 Å². The average molecular weight is 346 g/mol. The van der Waals surface area contributed by atoms with Crippen LogP contribution in [0.2, 0.25) is 0 Å². The van der Waals surface area contributed by atoms with Crippen LogP contribution in [0.5, 0.6) is 0 Å². The highest BCUT2D eigenvalue weighted by Crippen LogP contribution is 2.24. The fraction of sp³-hybridized carbons (Fsp3) is 0.118. The first kappa shape index (κ1) is 15.3. The lowest BCUT2D eigenvalue weighted by Crippen LogP contribution is -2.17. The van der Waals surface area contributed by atoms with Crippen molar-refractivity contribution in [2.24, 2.45) is 0 Å². The van der Waals surface area contributed by atoms with Gasteiger partial charge in [0.05, 0.1) is 0 Å². The van der Waals surface area contributed by atoms with E-state index in [2.05, 4.69) is 26.9 Å². The molecule has 0 heterocycles. The van der Waals surface area contributed by atoms with Crippen LogP contribution in [-0.2, 0) is 11.3 Å². The Bertz CT molecular complexity index is 667. The highest BCUT2D eigenvalue weighted by atomic mass is 79.9. The number of rotatable bonds is 5. The maximum absolute atomic E-state index is 10.7. The van der Waals surface area contributed by atoms with Crippen molar-refractivity contribution in [2.45, 2.75) is 6.54 Å². The van der Waals surface area contributed by atoms with Crippen LogP contribution in [0, 0.1) is 0 Å². The van der Waals surface area contributed by atoms with Crippen LogP contribution in [0.15, 0.2) is 59.1 Å². The Labute approximate surface area is 132 Å². The largest absolute Gasteiger partial charge is 0.478 e. The van der Waals surface area contributed by atoms with Gasteiger partial charge >= 0.3 is 5.97 Å². The lowest BCUT2D eigenvalue weighted by Gasteiger charge is -2.22. The first-order chi connectivity index (χ1) is 10.1. The Kier molecular flexibility index (Phi) is 5.17. The van der Waals surface area contributed by atoms with Crippen LogP contribution in [-0.4, -0.2) is 18.1 Å². The van der Waals surface area contributed by atoms with Crippen LogP contribution in [0.25, 0.3) is 6.08 Å². The minimum atomic E-state index is -0.946. The van der Waals surface area contributed by atoms with Crippen LogP contribution in [0.4, 0.5) is 5.69 Å². The van der Waals surface area contributed by atoms with Crippen LogP contribution in [0.1, 0.15) is 11.1 Å². The smallest absolute Gasteiger partial charge is 0.328 e. The molecule has 0 aliphatic carbocycles. The molecule has 0 fully saturated rings. The van der Waals surface area contributed by atoms with Gasteiger partial charge in [0.15, 0.2) is 0 Å².